The van der Waals surface area contributed by atoms with Crippen molar-refractivity contribution in [2.75, 3.05) is 0 Å². The lowest BCUT2D eigenvalue weighted by atomic mass is 10.0. The van der Waals surface area contributed by atoms with E-state index in [0.717, 1.165) is 0 Å². The summed E-state index contributed by atoms with van der Waals surface area (Å²) in [7, 11) is 0. The fourth-order valence-corrected chi connectivity index (χ4v) is 3.78. The first-order valence-electron chi connectivity index (χ1n) is 11.5. The van der Waals surface area contributed by atoms with Gasteiger partial charge in [-0.05, 0) is 25.5 Å². The Labute approximate surface area is 158 Å². The molecule has 0 radical (unpaired) electrons. The molecular weight excluding hydrogens is 302 g/mol. The molecule has 1 atom stereocenters. The van der Waals surface area contributed by atoms with E-state index in [2.05, 4.69) is 42.9 Å². The SMILES string of the molecule is CCCCCCCCCCCCCCCCCCC(C)n1cccc1. The summed E-state index contributed by atoms with van der Waals surface area (Å²) in [5.74, 6) is 0. The maximum absolute atomic E-state index is 2.34. The highest BCUT2D eigenvalue weighted by Crippen LogP contribution is 2.17. The fourth-order valence-electron chi connectivity index (χ4n) is 3.78. The molecule has 0 saturated heterocycles. The first-order chi connectivity index (χ1) is 12.3. The van der Waals surface area contributed by atoms with E-state index in [1.807, 2.05) is 0 Å². The summed E-state index contributed by atoms with van der Waals surface area (Å²) >= 11 is 0. The highest BCUT2D eigenvalue weighted by Gasteiger charge is 2.02. The Hall–Kier alpha value is -0.720. The molecule has 1 aromatic heterocycles. The Morgan fingerprint density at radius 3 is 1.32 bits per heavy atom. The van der Waals surface area contributed by atoms with Crippen molar-refractivity contribution < 1.29 is 0 Å². The predicted molar refractivity (Wildman–Crippen MR) is 113 cm³/mol. The predicted octanol–water partition coefficient (Wildman–Crippen LogP) is 8.70. The highest BCUT2D eigenvalue weighted by molar-refractivity contribution is 4.92. The molecule has 0 N–H and O–H groups in total. The van der Waals surface area contributed by atoms with Gasteiger partial charge in [-0.25, -0.2) is 0 Å². The van der Waals surface area contributed by atoms with Gasteiger partial charge in [-0.1, -0.05) is 110 Å². The van der Waals surface area contributed by atoms with Gasteiger partial charge in [0.15, 0.2) is 0 Å². The normalized spacial score (nSPS) is 12.6. The first-order valence-corrected chi connectivity index (χ1v) is 11.5. The molecule has 25 heavy (non-hydrogen) atoms. The molecule has 1 rings (SSSR count). The Morgan fingerprint density at radius 2 is 0.920 bits per heavy atom. The second-order valence-corrected chi connectivity index (χ2v) is 8.07. The highest BCUT2D eigenvalue weighted by atomic mass is 15.0. The Kier molecular flexibility index (Phi) is 14.9. The number of rotatable bonds is 18. The van der Waals surface area contributed by atoms with Crippen LogP contribution in [0, 0.1) is 0 Å². The van der Waals surface area contributed by atoms with Crippen LogP contribution in [-0.4, -0.2) is 4.57 Å². The maximum atomic E-state index is 2.34. The number of hydrogen-bond donors (Lipinski definition) is 0. The molecule has 0 fully saturated rings. The lowest BCUT2D eigenvalue weighted by Gasteiger charge is -2.13. The number of unbranched alkanes of at least 4 members (excludes halogenated alkanes) is 15. The van der Waals surface area contributed by atoms with Crippen LogP contribution >= 0.6 is 0 Å². The molecule has 0 aliphatic rings. The molecule has 1 unspecified atom stereocenters. The average Bonchev–Trinajstić information content (AvgIpc) is 3.16. The smallest absolute Gasteiger partial charge is 0.0302 e. The minimum atomic E-state index is 0.668. The molecule has 0 saturated carbocycles. The van der Waals surface area contributed by atoms with Gasteiger partial charge in [0.2, 0.25) is 0 Å². The summed E-state index contributed by atoms with van der Waals surface area (Å²) in [6.07, 6.45) is 28.9. The summed E-state index contributed by atoms with van der Waals surface area (Å²) in [6.45, 7) is 4.64. The molecule has 1 nitrogen and oxygen atoms in total. The summed E-state index contributed by atoms with van der Waals surface area (Å²) in [5, 5.41) is 0. The first kappa shape index (κ1) is 22.3. The number of aromatic nitrogens is 1. The van der Waals surface area contributed by atoms with E-state index < -0.39 is 0 Å². The van der Waals surface area contributed by atoms with E-state index in [9.17, 15) is 0 Å². The molecule has 146 valence electrons. The van der Waals surface area contributed by atoms with Gasteiger partial charge >= 0.3 is 0 Å². The number of hydrogen-bond acceptors (Lipinski definition) is 0. The fraction of sp³-hybridized carbons (Fsp3) is 0.833. The zero-order chi connectivity index (χ0) is 18.0. The van der Waals surface area contributed by atoms with E-state index in [4.69, 9.17) is 0 Å². The Bertz CT molecular complexity index is 354. The molecular formula is C24H45N. The Morgan fingerprint density at radius 1 is 0.560 bits per heavy atom. The monoisotopic (exact) mass is 347 g/mol. The van der Waals surface area contributed by atoms with Crippen molar-refractivity contribution in [1.82, 2.24) is 4.57 Å². The van der Waals surface area contributed by atoms with Crippen molar-refractivity contribution in [3.63, 3.8) is 0 Å². The van der Waals surface area contributed by atoms with Gasteiger partial charge < -0.3 is 4.57 Å². The van der Waals surface area contributed by atoms with Crippen molar-refractivity contribution in [2.24, 2.45) is 0 Å². The molecule has 0 spiro atoms. The van der Waals surface area contributed by atoms with E-state index in [-0.39, 0.29) is 0 Å². The second-order valence-electron chi connectivity index (χ2n) is 8.07. The third-order valence-electron chi connectivity index (χ3n) is 5.61. The molecule has 1 aromatic rings. The van der Waals surface area contributed by atoms with Crippen LogP contribution in [0.1, 0.15) is 129 Å². The molecule has 0 aliphatic heterocycles. The van der Waals surface area contributed by atoms with Crippen molar-refractivity contribution >= 4 is 0 Å². The largest absolute Gasteiger partial charge is 0.352 e. The van der Waals surface area contributed by atoms with Crippen molar-refractivity contribution in [3.05, 3.63) is 24.5 Å². The van der Waals surface area contributed by atoms with Crippen LogP contribution in [0.15, 0.2) is 24.5 Å². The van der Waals surface area contributed by atoms with Crippen LogP contribution < -0.4 is 0 Å². The van der Waals surface area contributed by atoms with E-state index in [0.29, 0.717) is 6.04 Å². The van der Waals surface area contributed by atoms with Gasteiger partial charge in [0.25, 0.3) is 0 Å². The van der Waals surface area contributed by atoms with E-state index in [1.165, 1.54) is 109 Å². The zero-order valence-electron chi connectivity index (χ0n) is 17.4. The van der Waals surface area contributed by atoms with Crippen LogP contribution in [0.2, 0.25) is 0 Å². The quantitative estimate of drug-likeness (QED) is 0.234. The Balaban J connectivity index is 1.72. The lowest BCUT2D eigenvalue weighted by Crippen LogP contribution is -2.01. The summed E-state index contributed by atoms with van der Waals surface area (Å²) in [4.78, 5) is 0. The summed E-state index contributed by atoms with van der Waals surface area (Å²) in [5.41, 5.74) is 0. The molecule has 1 heterocycles. The third kappa shape index (κ3) is 13.2. The van der Waals surface area contributed by atoms with Gasteiger partial charge in [0.1, 0.15) is 0 Å². The van der Waals surface area contributed by atoms with E-state index in [1.54, 1.807) is 0 Å². The van der Waals surface area contributed by atoms with Gasteiger partial charge in [0, 0.05) is 18.4 Å². The second kappa shape index (κ2) is 16.7. The van der Waals surface area contributed by atoms with Crippen molar-refractivity contribution in [2.45, 2.75) is 129 Å². The van der Waals surface area contributed by atoms with E-state index >= 15 is 0 Å². The van der Waals surface area contributed by atoms with Gasteiger partial charge in [0.05, 0.1) is 0 Å². The topological polar surface area (TPSA) is 4.93 Å². The van der Waals surface area contributed by atoms with Crippen LogP contribution in [-0.2, 0) is 0 Å². The summed E-state index contributed by atoms with van der Waals surface area (Å²) in [6, 6.07) is 4.93. The minimum absolute atomic E-state index is 0.668. The molecule has 0 aliphatic carbocycles. The van der Waals surface area contributed by atoms with Crippen molar-refractivity contribution in [3.8, 4) is 0 Å². The molecule has 1 heteroatoms. The van der Waals surface area contributed by atoms with Crippen LogP contribution in [0.4, 0.5) is 0 Å². The molecule has 0 bridgehead atoms. The minimum Gasteiger partial charge on any atom is -0.352 e. The zero-order valence-corrected chi connectivity index (χ0v) is 17.4. The van der Waals surface area contributed by atoms with Gasteiger partial charge in [-0.15, -0.1) is 0 Å². The third-order valence-corrected chi connectivity index (χ3v) is 5.61. The standard InChI is InChI=1S/C24H45N/c1-3-4-5-6-7-8-9-10-11-12-13-14-15-16-17-18-21-24(2)25-22-19-20-23-25/h19-20,22-24H,3-18,21H2,1-2H3. The van der Waals surface area contributed by atoms with Gasteiger partial charge in [-0.2, -0.15) is 0 Å². The van der Waals surface area contributed by atoms with Crippen LogP contribution in [0.25, 0.3) is 0 Å². The average molecular weight is 348 g/mol. The summed E-state index contributed by atoms with van der Waals surface area (Å²) < 4.78 is 2.34. The van der Waals surface area contributed by atoms with Crippen LogP contribution in [0.3, 0.4) is 0 Å². The van der Waals surface area contributed by atoms with Crippen LogP contribution in [0.5, 0.6) is 0 Å². The van der Waals surface area contributed by atoms with Gasteiger partial charge in [-0.3, -0.25) is 0 Å². The lowest BCUT2D eigenvalue weighted by molar-refractivity contribution is 0.466. The maximum Gasteiger partial charge on any atom is 0.0302 e. The molecule has 0 amide bonds. The molecule has 0 aromatic carbocycles. The number of nitrogens with zero attached hydrogens (tertiary/aromatic N) is 1. The van der Waals surface area contributed by atoms with Crippen molar-refractivity contribution in [1.29, 1.82) is 0 Å².